The summed E-state index contributed by atoms with van der Waals surface area (Å²) in [4.78, 5) is 15.8. The Hall–Kier alpha value is -2.63. The molecule has 0 amide bonds. The summed E-state index contributed by atoms with van der Waals surface area (Å²) in [6, 6.07) is 18.6. The van der Waals surface area contributed by atoms with Crippen molar-refractivity contribution in [2.24, 2.45) is 10.9 Å². The van der Waals surface area contributed by atoms with Crippen molar-refractivity contribution in [3.63, 3.8) is 0 Å². The fourth-order valence-electron chi connectivity index (χ4n) is 4.03. The van der Waals surface area contributed by atoms with Crippen LogP contribution in [-0.4, -0.2) is 29.6 Å². The Morgan fingerprint density at radius 2 is 1.83 bits per heavy atom. The molecule has 2 aliphatic rings. The second kappa shape index (κ2) is 8.80. The standard InChI is InChI=1S/C23H24ClN3O2/c24-20-14-25-23(26-19-11-5-10-18(13-19)22(28)29)27-21(20)17-9-4-8-16(12-17)15-6-2-1-3-7-15/h1-4,6-9,12,14,18-19,23,26-27H,5,10-11,13H2,(H,28,29)/t18-,19+,23?/m0/s1. The lowest BCUT2D eigenvalue weighted by Crippen LogP contribution is -2.48. The third kappa shape index (κ3) is 4.69. The number of hydrogen-bond acceptors (Lipinski definition) is 4. The van der Waals surface area contributed by atoms with E-state index in [-0.39, 0.29) is 18.2 Å². The Bertz CT molecular complexity index is 942. The zero-order chi connectivity index (χ0) is 20.2. The van der Waals surface area contributed by atoms with Crippen molar-refractivity contribution in [1.29, 1.82) is 0 Å². The number of carboxylic acids is 1. The predicted molar refractivity (Wildman–Crippen MR) is 117 cm³/mol. The van der Waals surface area contributed by atoms with Gasteiger partial charge >= 0.3 is 5.97 Å². The topological polar surface area (TPSA) is 73.7 Å². The highest BCUT2D eigenvalue weighted by atomic mass is 35.5. The van der Waals surface area contributed by atoms with Crippen molar-refractivity contribution in [3.05, 3.63) is 65.2 Å². The summed E-state index contributed by atoms with van der Waals surface area (Å²) in [7, 11) is 0. The molecule has 6 heteroatoms. The highest BCUT2D eigenvalue weighted by Gasteiger charge is 2.29. The quantitative estimate of drug-likeness (QED) is 0.682. The zero-order valence-electron chi connectivity index (χ0n) is 16.0. The molecule has 1 unspecified atom stereocenters. The second-order valence-corrected chi connectivity index (χ2v) is 7.97. The molecule has 3 atom stereocenters. The Balaban J connectivity index is 1.49. The van der Waals surface area contributed by atoms with Gasteiger partial charge in [-0.2, -0.15) is 0 Å². The molecule has 0 aromatic heterocycles. The summed E-state index contributed by atoms with van der Waals surface area (Å²) in [5.41, 5.74) is 4.07. The lowest BCUT2D eigenvalue weighted by molar-refractivity contribution is -0.143. The SMILES string of the molecule is O=C(O)[C@H]1CCC[C@@H](NC2N=CC(Cl)=C(c3cccc(-c4ccccc4)c3)N2)C1. The first-order valence-corrected chi connectivity index (χ1v) is 10.3. The number of benzene rings is 2. The lowest BCUT2D eigenvalue weighted by Gasteiger charge is -2.32. The maximum absolute atomic E-state index is 11.3. The zero-order valence-corrected chi connectivity index (χ0v) is 16.8. The summed E-state index contributed by atoms with van der Waals surface area (Å²) in [6.07, 6.45) is 4.57. The van der Waals surface area contributed by atoms with Gasteiger partial charge in [-0.05, 0) is 42.0 Å². The molecule has 0 spiro atoms. The van der Waals surface area contributed by atoms with Crippen LogP contribution in [0.1, 0.15) is 31.2 Å². The van der Waals surface area contributed by atoms with Crippen LogP contribution < -0.4 is 10.6 Å². The first-order chi connectivity index (χ1) is 14.1. The minimum atomic E-state index is -0.710. The molecule has 1 aliphatic heterocycles. The van der Waals surface area contributed by atoms with Gasteiger partial charge in [-0.15, -0.1) is 0 Å². The van der Waals surface area contributed by atoms with E-state index < -0.39 is 5.97 Å². The van der Waals surface area contributed by atoms with E-state index in [0.29, 0.717) is 11.5 Å². The van der Waals surface area contributed by atoms with E-state index in [1.165, 1.54) is 0 Å². The molecule has 1 aliphatic carbocycles. The van der Waals surface area contributed by atoms with Gasteiger partial charge in [0.1, 0.15) is 0 Å². The van der Waals surface area contributed by atoms with E-state index >= 15 is 0 Å². The van der Waals surface area contributed by atoms with Gasteiger partial charge in [-0.25, -0.2) is 0 Å². The number of aliphatic carboxylic acids is 1. The molecule has 3 N–H and O–H groups in total. The molecular weight excluding hydrogens is 386 g/mol. The summed E-state index contributed by atoms with van der Waals surface area (Å²) in [5.74, 6) is -0.993. The number of nitrogens with one attached hydrogen (secondary N) is 2. The van der Waals surface area contributed by atoms with Gasteiger partial charge in [0.15, 0.2) is 6.29 Å². The Morgan fingerprint density at radius 3 is 2.62 bits per heavy atom. The fourth-order valence-corrected chi connectivity index (χ4v) is 4.25. The maximum Gasteiger partial charge on any atom is 0.306 e. The van der Waals surface area contributed by atoms with Crippen LogP contribution in [0.2, 0.25) is 0 Å². The van der Waals surface area contributed by atoms with Gasteiger partial charge in [0.25, 0.3) is 0 Å². The van der Waals surface area contributed by atoms with Crippen LogP contribution in [-0.2, 0) is 4.79 Å². The third-order valence-electron chi connectivity index (χ3n) is 5.53. The number of carboxylic acid groups (broad SMARTS) is 1. The molecule has 0 saturated heterocycles. The molecule has 2 aromatic rings. The molecule has 4 rings (SSSR count). The molecule has 5 nitrogen and oxygen atoms in total. The molecule has 1 fully saturated rings. The van der Waals surface area contributed by atoms with E-state index in [4.69, 9.17) is 11.6 Å². The second-order valence-electron chi connectivity index (χ2n) is 7.56. The van der Waals surface area contributed by atoms with E-state index in [2.05, 4.69) is 39.9 Å². The normalized spacial score (nSPS) is 24.2. The van der Waals surface area contributed by atoms with Crippen LogP contribution in [0.15, 0.2) is 64.6 Å². The van der Waals surface area contributed by atoms with Crippen LogP contribution >= 0.6 is 11.6 Å². The Labute approximate surface area is 175 Å². The third-order valence-corrected chi connectivity index (χ3v) is 5.82. The summed E-state index contributed by atoms with van der Waals surface area (Å²) >= 11 is 6.45. The molecule has 1 saturated carbocycles. The number of allylic oxidation sites excluding steroid dienone is 1. The number of halogens is 1. The maximum atomic E-state index is 11.3. The first-order valence-electron chi connectivity index (χ1n) is 9.94. The van der Waals surface area contributed by atoms with E-state index in [1.807, 2.05) is 30.3 Å². The average molecular weight is 410 g/mol. The minimum absolute atomic E-state index is 0.119. The van der Waals surface area contributed by atoms with Gasteiger partial charge in [-0.1, -0.05) is 66.6 Å². The smallest absolute Gasteiger partial charge is 0.306 e. The van der Waals surface area contributed by atoms with Crippen molar-refractivity contribution in [2.45, 2.75) is 38.0 Å². The molecule has 1 heterocycles. The van der Waals surface area contributed by atoms with E-state index in [0.717, 1.165) is 41.6 Å². The van der Waals surface area contributed by atoms with Gasteiger partial charge in [-0.3, -0.25) is 15.1 Å². The van der Waals surface area contributed by atoms with Gasteiger partial charge in [0, 0.05) is 12.3 Å². The van der Waals surface area contributed by atoms with Gasteiger partial charge < -0.3 is 10.4 Å². The van der Waals surface area contributed by atoms with Crippen molar-refractivity contribution in [1.82, 2.24) is 10.6 Å². The molecule has 29 heavy (non-hydrogen) atoms. The number of nitrogens with zero attached hydrogens (tertiary/aromatic N) is 1. The molecular formula is C23H24ClN3O2. The Morgan fingerprint density at radius 1 is 1.07 bits per heavy atom. The number of rotatable bonds is 5. The van der Waals surface area contributed by atoms with Crippen LogP contribution in [0.5, 0.6) is 0 Å². The van der Waals surface area contributed by atoms with Crippen molar-refractivity contribution in [2.75, 3.05) is 0 Å². The number of aliphatic imine (C=N–C) groups is 1. The van der Waals surface area contributed by atoms with Crippen LogP contribution in [0, 0.1) is 5.92 Å². The first kappa shape index (κ1) is 19.7. The predicted octanol–water partition coefficient (Wildman–Crippen LogP) is 4.45. The van der Waals surface area contributed by atoms with E-state index in [9.17, 15) is 9.90 Å². The van der Waals surface area contributed by atoms with Crippen LogP contribution in [0.25, 0.3) is 16.8 Å². The summed E-state index contributed by atoms with van der Waals surface area (Å²) < 4.78 is 0. The van der Waals surface area contributed by atoms with Crippen molar-refractivity contribution in [3.8, 4) is 11.1 Å². The number of carbonyl (C=O) groups is 1. The summed E-state index contributed by atoms with van der Waals surface area (Å²) in [6.45, 7) is 0. The van der Waals surface area contributed by atoms with Gasteiger partial charge in [0.05, 0.1) is 16.6 Å². The highest BCUT2D eigenvalue weighted by Crippen LogP contribution is 2.28. The molecule has 0 radical (unpaired) electrons. The van der Waals surface area contributed by atoms with Crippen LogP contribution in [0.4, 0.5) is 0 Å². The van der Waals surface area contributed by atoms with Crippen molar-refractivity contribution < 1.29 is 9.90 Å². The van der Waals surface area contributed by atoms with E-state index in [1.54, 1.807) is 6.21 Å². The monoisotopic (exact) mass is 409 g/mol. The molecule has 150 valence electrons. The van der Waals surface area contributed by atoms with Crippen LogP contribution in [0.3, 0.4) is 0 Å². The highest BCUT2D eigenvalue weighted by molar-refractivity contribution is 6.42. The Kier molecular flexibility index (Phi) is 5.97. The molecule has 2 aromatic carbocycles. The van der Waals surface area contributed by atoms with Crippen molar-refractivity contribution >= 4 is 29.5 Å². The summed E-state index contributed by atoms with van der Waals surface area (Å²) in [5, 5.41) is 16.7. The van der Waals surface area contributed by atoms with Gasteiger partial charge in [0.2, 0.25) is 0 Å². The average Bonchev–Trinajstić information content (AvgIpc) is 2.76. The largest absolute Gasteiger partial charge is 0.481 e. The number of hydrogen-bond donors (Lipinski definition) is 3. The molecule has 0 bridgehead atoms. The lowest BCUT2D eigenvalue weighted by atomic mass is 9.86. The fraction of sp³-hybridized carbons (Fsp3) is 0.304. The minimum Gasteiger partial charge on any atom is -0.481 e.